The van der Waals surface area contributed by atoms with Gasteiger partial charge in [-0.2, -0.15) is 0 Å². The van der Waals surface area contributed by atoms with Gasteiger partial charge in [0.25, 0.3) is 0 Å². The number of hydrogen-bond donors (Lipinski definition) is 1. The minimum atomic E-state index is -0.846. The van der Waals surface area contributed by atoms with Gasteiger partial charge in [0, 0.05) is 18.8 Å². The normalized spacial score (nSPS) is 15.1. The number of amides is 1. The SMILES string of the molecule is COc1ccc(CC(=O)N2CC(C(=O)O)C2)nc1. The predicted molar refractivity (Wildman–Crippen MR) is 62.2 cm³/mol. The number of nitrogens with zero attached hydrogens (tertiary/aromatic N) is 2. The highest BCUT2D eigenvalue weighted by Gasteiger charge is 2.35. The smallest absolute Gasteiger partial charge is 0.310 e. The van der Waals surface area contributed by atoms with Crippen LogP contribution < -0.4 is 4.74 Å². The average Bonchev–Trinajstić information content (AvgIpc) is 2.27. The number of pyridine rings is 1. The lowest BCUT2D eigenvalue weighted by Crippen LogP contribution is -2.53. The van der Waals surface area contributed by atoms with Gasteiger partial charge in [-0.1, -0.05) is 0 Å². The Hall–Kier alpha value is -2.11. The number of likely N-dealkylation sites (tertiary alicyclic amines) is 1. The van der Waals surface area contributed by atoms with Crippen molar-refractivity contribution in [1.82, 2.24) is 9.88 Å². The van der Waals surface area contributed by atoms with Gasteiger partial charge in [-0.05, 0) is 12.1 Å². The molecule has 1 aromatic rings. The van der Waals surface area contributed by atoms with Gasteiger partial charge < -0.3 is 14.7 Å². The van der Waals surface area contributed by atoms with E-state index >= 15 is 0 Å². The Kier molecular flexibility index (Phi) is 3.45. The summed E-state index contributed by atoms with van der Waals surface area (Å²) in [4.78, 5) is 28.0. The molecule has 6 heteroatoms. The molecule has 1 amide bonds. The first-order chi connectivity index (χ1) is 8.60. The van der Waals surface area contributed by atoms with Crippen molar-refractivity contribution in [3.05, 3.63) is 24.0 Å². The number of carbonyl (C=O) groups is 2. The fraction of sp³-hybridized carbons (Fsp3) is 0.417. The summed E-state index contributed by atoms with van der Waals surface area (Å²) in [7, 11) is 1.55. The number of aromatic nitrogens is 1. The van der Waals surface area contributed by atoms with Crippen LogP contribution in [0, 0.1) is 5.92 Å². The van der Waals surface area contributed by atoms with Crippen LogP contribution in [0.3, 0.4) is 0 Å². The van der Waals surface area contributed by atoms with E-state index in [1.54, 1.807) is 25.4 Å². The van der Waals surface area contributed by atoms with Crippen molar-refractivity contribution in [2.45, 2.75) is 6.42 Å². The van der Waals surface area contributed by atoms with Crippen LogP contribution in [0.5, 0.6) is 5.75 Å². The first-order valence-electron chi connectivity index (χ1n) is 5.59. The molecule has 0 atom stereocenters. The molecule has 1 aliphatic rings. The molecule has 6 nitrogen and oxygen atoms in total. The zero-order chi connectivity index (χ0) is 13.1. The van der Waals surface area contributed by atoms with E-state index < -0.39 is 11.9 Å². The van der Waals surface area contributed by atoms with Crippen LogP contribution in [0.1, 0.15) is 5.69 Å². The van der Waals surface area contributed by atoms with E-state index in [0.717, 1.165) is 0 Å². The van der Waals surface area contributed by atoms with Crippen LogP contribution in [0.25, 0.3) is 0 Å². The van der Waals surface area contributed by atoms with Gasteiger partial charge in [0.15, 0.2) is 0 Å². The second-order valence-corrected chi connectivity index (χ2v) is 4.20. The lowest BCUT2D eigenvalue weighted by molar-refractivity contribution is -0.152. The van der Waals surface area contributed by atoms with E-state index in [2.05, 4.69) is 4.98 Å². The van der Waals surface area contributed by atoms with Gasteiger partial charge in [-0.15, -0.1) is 0 Å². The molecule has 1 aromatic heterocycles. The Bertz CT molecular complexity index is 452. The molecule has 0 spiro atoms. The van der Waals surface area contributed by atoms with Crippen LogP contribution in [-0.4, -0.2) is 47.1 Å². The summed E-state index contributed by atoms with van der Waals surface area (Å²) in [6.07, 6.45) is 1.75. The quantitative estimate of drug-likeness (QED) is 0.824. The van der Waals surface area contributed by atoms with Gasteiger partial charge in [0.05, 0.1) is 25.6 Å². The molecule has 18 heavy (non-hydrogen) atoms. The van der Waals surface area contributed by atoms with Crippen molar-refractivity contribution in [2.75, 3.05) is 20.2 Å². The Morgan fingerprint density at radius 3 is 2.72 bits per heavy atom. The molecule has 1 fully saturated rings. The second-order valence-electron chi connectivity index (χ2n) is 4.20. The molecule has 0 bridgehead atoms. The summed E-state index contributed by atoms with van der Waals surface area (Å²) >= 11 is 0. The van der Waals surface area contributed by atoms with Crippen LogP contribution >= 0.6 is 0 Å². The Balaban J connectivity index is 1.86. The van der Waals surface area contributed by atoms with E-state index in [4.69, 9.17) is 9.84 Å². The molecule has 1 saturated heterocycles. The molecule has 0 aliphatic carbocycles. The largest absolute Gasteiger partial charge is 0.495 e. The number of hydrogen-bond acceptors (Lipinski definition) is 4. The van der Waals surface area contributed by atoms with Crippen LogP contribution in [0.15, 0.2) is 18.3 Å². The minimum absolute atomic E-state index is 0.0924. The number of carboxylic acids is 1. The number of carbonyl (C=O) groups excluding carboxylic acids is 1. The van der Waals surface area contributed by atoms with Crippen molar-refractivity contribution in [1.29, 1.82) is 0 Å². The number of aliphatic carboxylic acids is 1. The maximum atomic E-state index is 11.8. The summed E-state index contributed by atoms with van der Waals surface area (Å²) in [5, 5.41) is 8.72. The molecule has 0 radical (unpaired) electrons. The zero-order valence-corrected chi connectivity index (χ0v) is 10.00. The number of rotatable bonds is 4. The summed E-state index contributed by atoms with van der Waals surface area (Å²) < 4.78 is 4.97. The van der Waals surface area contributed by atoms with Gasteiger partial charge in [0.2, 0.25) is 5.91 Å². The van der Waals surface area contributed by atoms with Crippen molar-refractivity contribution in [3.8, 4) is 5.75 Å². The van der Waals surface area contributed by atoms with E-state index in [1.807, 2.05) is 0 Å². The minimum Gasteiger partial charge on any atom is -0.495 e. The third-order valence-corrected chi connectivity index (χ3v) is 2.95. The lowest BCUT2D eigenvalue weighted by atomic mass is 10.00. The molecule has 1 aliphatic heterocycles. The van der Waals surface area contributed by atoms with Gasteiger partial charge in [0.1, 0.15) is 5.75 Å². The number of methoxy groups -OCH3 is 1. The summed E-state index contributed by atoms with van der Waals surface area (Å²) in [6, 6.07) is 3.47. The third-order valence-electron chi connectivity index (χ3n) is 2.95. The van der Waals surface area contributed by atoms with Crippen LogP contribution in [-0.2, 0) is 16.0 Å². The van der Waals surface area contributed by atoms with Crippen molar-refractivity contribution in [2.24, 2.45) is 5.92 Å². The highest BCUT2D eigenvalue weighted by molar-refractivity contribution is 5.82. The molecular formula is C12H14N2O4. The van der Waals surface area contributed by atoms with E-state index in [9.17, 15) is 9.59 Å². The number of ether oxygens (including phenoxy) is 1. The van der Waals surface area contributed by atoms with Gasteiger partial charge in [-0.3, -0.25) is 14.6 Å². The molecule has 1 N–H and O–H groups in total. The van der Waals surface area contributed by atoms with Gasteiger partial charge in [-0.25, -0.2) is 0 Å². The Labute approximate surface area is 104 Å². The van der Waals surface area contributed by atoms with Crippen molar-refractivity contribution < 1.29 is 19.4 Å². The Morgan fingerprint density at radius 2 is 2.22 bits per heavy atom. The molecule has 0 unspecified atom stereocenters. The monoisotopic (exact) mass is 250 g/mol. The summed E-state index contributed by atoms with van der Waals surface area (Å²) in [6.45, 7) is 0.592. The van der Waals surface area contributed by atoms with E-state index in [-0.39, 0.29) is 12.3 Å². The first kappa shape index (κ1) is 12.3. The van der Waals surface area contributed by atoms with E-state index in [1.165, 1.54) is 4.90 Å². The molecular weight excluding hydrogens is 236 g/mol. The summed E-state index contributed by atoms with van der Waals surface area (Å²) in [5.74, 6) is -0.717. The second kappa shape index (κ2) is 5.03. The molecule has 2 rings (SSSR count). The Morgan fingerprint density at radius 1 is 1.50 bits per heavy atom. The van der Waals surface area contributed by atoms with Crippen molar-refractivity contribution >= 4 is 11.9 Å². The fourth-order valence-corrected chi connectivity index (χ4v) is 1.74. The molecule has 2 heterocycles. The average molecular weight is 250 g/mol. The molecule has 0 saturated carbocycles. The molecule has 96 valence electrons. The van der Waals surface area contributed by atoms with Crippen LogP contribution in [0.2, 0.25) is 0 Å². The highest BCUT2D eigenvalue weighted by atomic mass is 16.5. The predicted octanol–water partition coefficient (Wildman–Crippen LogP) is 0.176. The highest BCUT2D eigenvalue weighted by Crippen LogP contribution is 2.17. The standard InChI is InChI=1S/C12H14N2O4/c1-18-10-3-2-9(13-5-10)4-11(15)14-6-8(7-14)12(16)17/h2-3,5,8H,4,6-7H2,1H3,(H,16,17). The van der Waals surface area contributed by atoms with Crippen molar-refractivity contribution in [3.63, 3.8) is 0 Å². The first-order valence-corrected chi connectivity index (χ1v) is 5.59. The lowest BCUT2D eigenvalue weighted by Gasteiger charge is -2.36. The number of carboxylic acid groups (broad SMARTS) is 1. The zero-order valence-electron chi connectivity index (χ0n) is 10.00. The van der Waals surface area contributed by atoms with Gasteiger partial charge >= 0.3 is 5.97 Å². The maximum absolute atomic E-state index is 11.8. The topological polar surface area (TPSA) is 79.7 Å². The third kappa shape index (κ3) is 2.58. The summed E-state index contributed by atoms with van der Waals surface area (Å²) in [5.41, 5.74) is 0.652. The van der Waals surface area contributed by atoms with E-state index in [0.29, 0.717) is 24.5 Å². The van der Waals surface area contributed by atoms with Crippen LogP contribution in [0.4, 0.5) is 0 Å². The molecule has 0 aromatic carbocycles. The maximum Gasteiger partial charge on any atom is 0.310 e. The fourth-order valence-electron chi connectivity index (χ4n) is 1.74.